The van der Waals surface area contributed by atoms with E-state index in [1.165, 1.54) is 0 Å². The smallest absolute Gasteiger partial charge is 0.134 e. The summed E-state index contributed by atoms with van der Waals surface area (Å²) in [5.41, 5.74) is 0. The van der Waals surface area contributed by atoms with Crippen molar-refractivity contribution in [3.05, 3.63) is 0 Å². The lowest BCUT2D eigenvalue weighted by Crippen LogP contribution is -2.47. The van der Waals surface area contributed by atoms with Crippen molar-refractivity contribution in [1.82, 2.24) is 4.90 Å². The number of quaternary nitrogens is 1. The van der Waals surface area contributed by atoms with Crippen LogP contribution in [-0.4, -0.2) is 73.7 Å². The van der Waals surface area contributed by atoms with Gasteiger partial charge in [0.25, 0.3) is 0 Å². The van der Waals surface area contributed by atoms with E-state index in [1.807, 2.05) is 4.90 Å². The van der Waals surface area contributed by atoms with E-state index >= 15 is 0 Å². The summed E-state index contributed by atoms with van der Waals surface area (Å²) in [5, 5.41) is 17.5. The van der Waals surface area contributed by atoms with Crippen molar-refractivity contribution >= 4 is 0 Å². The molecule has 0 aliphatic carbocycles. The average Bonchev–Trinajstić information content (AvgIpc) is 1.84. The molecule has 4 nitrogen and oxygen atoms in total. The van der Waals surface area contributed by atoms with Crippen molar-refractivity contribution in [1.29, 1.82) is 0 Å². The zero-order valence-corrected chi connectivity index (χ0v) is 8.32. The van der Waals surface area contributed by atoms with E-state index in [-0.39, 0.29) is 13.2 Å². The summed E-state index contributed by atoms with van der Waals surface area (Å²) in [7, 11) is 6.26. The lowest BCUT2D eigenvalue weighted by atomic mass is 10.5. The third-order valence-corrected chi connectivity index (χ3v) is 1.46. The van der Waals surface area contributed by atoms with Gasteiger partial charge in [0.05, 0.1) is 34.4 Å². The maximum atomic E-state index is 8.73. The molecule has 0 aromatic carbocycles. The van der Waals surface area contributed by atoms with Crippen molar-refractivity contribution < 1.29 is 14.7 Å². The molecule has 0 fully saturated rings. The first-order chi connectivity index (χ1) is 5.49. The van der Waals surface area contributed by atoms with Gasteiger partial charge in [-0.25, -0.2) is 0 Å². The van der Waals surface area contributed by atoms with E-state index in [2.05, 4.69) is 21.1 Å². The van der Waals surface area contributed by atoms with Crippen LogP contribution in [0.5, 0.6) is 0 Å². The third kappa shape index (κ3) is 6.54. The van der Waals surface area contributed by atoms with Crippen LogP contribution in [0.3, 0.4) is 0 Å². The zero-order chi connectivity index (χ0) is 9.61. The predicted octanol–water partition coefficient (Wildman–Crippen LogP) is -1.06. The van der Waals surface area contributed by atoms with Gasteiger partial charge in [-0.05, 0) is 0 Å². The third-order valence-electron chi connectivity index (χ3n) is 1.46. The first-order valence-corrected chi connectivity index (χ1v) is 4.24. The van der Waals surface area contributed by atoms with Gasteiger partial charge in [-0.3, -0.25) is 4.90 Å². The molecule has 0 atom stereocenters. The molecule has 0 spiro atoms. The number of nitrogens with zero attached hydrogens (tertiary/aromatic N) is 2. The van der Waals surface area contributed by atoms with Gasteiger partial charge in [0.2, 0.25) is 0 Å². The average molecular weight is 177 g/mol. The lowest BCUT2D eigenvalue weighted by Gasteiger charge is -2.31. The summed E-state index contributed by atoms with van der Waals surface area (Å²) in [6.45, 7) is 2.42. The molecule has 0 saturated heterocycles. The molecule has 74 valence electrons. The van der Waals surface area contributed by atoms with Crippen molar-refractivity contribution in [2.45, 2.75) is 0 Å². The van der Waals surface area contributed by atoms with Gasteiger partial charge >= 0.3 is 0 Å². The molecular formula is C8H21N2O2+. The second-order valence-corrected chi connectivity index (χ2v) is 4.00. The Balaban J connectivity index is 3.77. The molecule has 0 aliphatic rings. The van der Waals surface area contributed by atoms with Crippen molar-refractivity contribution in [3.63, 3.8) is 0 Å². The Morgan fingerprint density at radius 1 is 1.00 bits per heavy atom. The van der Waals surface area contributed by atoms with Crippen LogP contribution in [0, 0.1) is 0 Å². The van der Waals surface area contributed by atoms with E-state index in [9.17, 15) is 0 Å². The standard InChI is InChI=1S/C8H21N2O2/c1-10(2,3)8-9(4-6-11)5-7-12/h11-12H,4-8H2,1-3H3/q+1. The zero-order valence-electron chi connectivity index (χ0n) is 8.32. The minimum atomic E-state index is 0.153. The molecule has 0 rings (SSSR count). The lowest BCUT2D eigenvalue weighted by molar-refractivity contribution is -0.881. The Morgan fingerprint density at radius 2 is 1.42 bits per heavy atom. The number of aliphatic hydroxyl groups is 2. The first-order valence-electron chi connectivity index (χ1n) is 4.24. The summed E-state index contributed by atoms with van der Waals surface area (Å²) in [4.78, 5) is 2.04. The molecule has 4 heteroatoms. The molecule has 0 aromatic heterocycles. The van der Waals surface area contributed by atoms with Gasteiger partial charge < -0.3 is 14.7 Å². The molecule has 0 heterocycles. The van der Waals surface area contributed by atoms with Crippen molar-refractivity contribution in [2.75, 3.05) is 54.1 Å². The largest absolute Gasteiger partial charge is 0.395 e. The summed E-state index contributed by atoms with van der Waals surface area (Å²) >= 11 is 0. The predicted molar refractivity (Wildman–Crippen MR) is 48.6 cm³/mol. The maximum Gasteiger partial charge on any atom is 0.134 e. The van der Waals surface area contributed by atoms with E-state index in [4.69, 9.17) is 10.2 Å². The van der Waals surface area contributed by atoms with Gasteiger partial charge in [-0.1, -0.05) is 0 Å². The van der Waals surface area contributed by atoms with Crippen LogP contribution in [-0.2, 0) is 0 Å². The maximum absolute atomic E-state index is 8.73. The molecule has 12 heavy (non-hydrogen) atoms. The Bertz CT molecular complexity index is 106. The molecule has 0 aliphatic heterocycles. The van der Waals surface area contributed by atoms with Crippen LogP contribution >= 0.6 is 0 Å². The Hall–Kier alpha value is -0.160. The molecule has 0 aromatic rings. The van der Waals surface area contributed by atoms with Gasteiger partial charge in [0.15, 0.2) is 0 Å². The summed E-state index contributed by atoms with van der Waals surface area (Å²) in [6.07, 6.45) is 0. The van der Waals surface area contributed by atoms with Crippen LogP contribution in [0.1, 0.15) is 0 Å². The van der Waals surface area contributed by atoms with E-state index in [1.54, 1.807) is 0 Å². The van der Waals surface area contributed by atoms with Crippen LogP contribution < -0.4 is 0 Å². The molecule has 0 amide bonds. The Kier molecular flexibility index (Phi) is 5.41. The van der Waals surface area contributed by atoms with Crippen molar-refractivity contribution in [3.8, 4) is 0 Å². The molecular weight excluding hydrogens is 156 g/mol. The minimum absolute atomic E-state index is 0.153. The fraction of sp³-hybridized carbons (Fsp3) is 1.00. The number of rotatable bonds is 6. The minimum Gasteiger partial charge on any atom is -0.395 e. The molecule has 0 unspecified atom stereocenters. The summed E-state index contributed by atoms with van der Waals surface area (Å²) < 4.78 is 0.819. The monoisotopic (exact) mass is 177 g/mol. The second kappa shape index (κ2) is 5.48. The summed E-state index contributed by atoms with van der Waals surface area (Å²) in [6, 6.07) is 0. The van der Waals surface area contributed by atoms with E-state index in [0.717, 1.165) is 11.2 Å². The number of hydrogen-bond acceptors (Lipinski definition) is 3. The Morgan fingerprint density at radius 3 is 1.67 bits per heavy atom. The molecule has 0 bridgehead atoms. The number of aliphatic hydroxyl groups excluding tert-OH is 2. The fourth-order valence-electron chi connectivity index (χ4n) is 1.14. The highest BCUT2D eigenvalue weighted by Crippen LogP contribution is 1.95. The van der Waals surface area contributed by atoms with E-state index in [0.29, 0.717) is 13.1 Å². The van der Waals surface area contributed by atoms with Gasteiger partial charge in [0.1, 0.15) is 6.67 Å². The quantitative estimate of drug-likeness (QED) is 0.401. The van der Waals surface area contributed by atoms with Crippen LogP contribution in [0.4, 0.5) is 0 Å². The topological polar surface area (TPSA) is 43.7 Å². The van der Waals surface area contributed by atoms with Crippen LogP contribution in [0.15, 0.2) is 0 Å². The highest BCUT2D eigenvalue weighted by Gasteiger charge is 2.13. The van der Waals surface area contributed by atoms with Gasteiger partial charge in [-0.15, -0.1) is 0 Å². The normalized spacial score (nSPS) is 12.5. The first kappa shape index (κ1) is 11.8. The van der Waals surface area contributed by atoms with Gasteiger partial charge in [0, 0.05) is 13.1 Å². The summed E-state index contributed by atoms with van der Waals surface area (Å²) in [5.74, 6) is 0. The van der Waals surface area contributed by atoms with E-state index < -0.39 is 0 Å². The highest BCUT2D eigenvalue weighted by molar-refractivity contribution is 4.49. The van der Waals surface area contributed by atoms with Crippen LogP contribution in [0.25, 0.3) is 0 Å². The van der Waals surface area contributed by atoms with Crippen molar-refractivity contribution in [2.24, 2.45) is 0 Å². The molecule has 0 saturated carbocycles. The fourth-order valence-corrected chi connectivity index (χ4v) is 1.14. The number of hydrogen-bond donors (Lipinski definition) is 2. The SMILES string of the molecule is C[N+](C)(C)CN(CCO)CCO. The highest BCUT2D eigenvalue weighted by atomic mass is 16.3. The van der Waals surface area contributed by atoms with Crippen LogP contribution in [0.2, 0.25) is 0 Å². The Labute approximate surface area is 74.6 Å². The molecule has 0 radical (unpaired) electrons. The molecule has 2 N–H and O–H groups in total. The second-order valence-electron chi connectivity index (χ2n) is 4.00. The van der Waals surface area contributed by atoms with Gasteiger partial charge in [-0.2, -0.15) is 0 Å².